The Bertz CT molecular complexity index is 1380. The quantitative estimate of drug-likeness (QED) is 0.299. The van der Waals surface area contributed by atoms with Crippen LogP contribution in [0.2, 0.25) is 0 Å². The minimum Gasteiger partial charge on any atom is -0.465 e. The van der Waals surface area contributed by atoms with E-state index in [1.807, 2.05) is 24.3 Å². The summed E-state index contributed by atoms with van der Waals surface area (Å²) in [5, 5.41) is 20.2. The number of benzene rings is 2. The summed E-state index contributed by atoms with van der Waals surface area (Å²) in [4.78, 5) is 17.6. The van der Waals surface area contributed by atoms with E-state index >= 15 is 0 Å². The van der Waals surface area contributed by atoms with Crippen molar-refractivity contribution in [3.05, 3.63) is 77.9 Å². The van der Waals surface area contributed by atoms with Gasteiger partial charge in [0, 0.05) is 41.3 Å². The van der Waals surface area contributed by atoms with Crippen LogP contribution in [0.5, 0.6) is 0 Å². The van der Waals surface area contributed by atoms with Crippen LogP contribution in [0.4, 0.5) is 18.0 Å². The largest absolute Gasteiger partial charge is 0.465 e. The second-order valence-corrected chi connectivity index (χ2v) is 9.85. The molecule has 0 saturated heterocycles. The summed E-state index contributed by atoms with van der Waals surface area (Å²) in [7, 11) is 0. The number of aromatic nitrogens is 3. The van der Waals surface area contributed by atoms with Gasteiger partial charge in [0.05, 0.1) is 5.56 Å². The highest BCUT2D eigenvalue weighted by molar-refractivity contribution is 5.85. The van der Waals surface area contributed by atoms with Gasteiger partial charge in [-0.1, -0.05) is 18.2 Å². The molecule has 0 unspecified atom stereocenters. The molecule has 37 heavy (non-hydrogen) atoms. The smallest absolute Gasteiger partial charge is 0.416 e. The molecule has 10 heteroatoms. The van der Waals surface area contributed by atoms with Gasteiger partial charge in [0.2, 0.25) is 11.8 Å². The Balaban J connectivity index is 1.54. The third kappa shape index (κ3) is 6.25. The van der Waals surface area contributed by atoms with Crippen molar-refractivity contribution < 1.29 is 27.5 Å². The van der Waals surface area contributed by atoms with Crippen LogP contribution in [0.25, 0.3) is 22.2 Å². The Morgan fingerprint density at radius 3 is 2.41 bits per heavy atom. The molecule has 2 aromatic carbocycles. The zero-order valence-electron chi connectivity index (χ0n) is 20.7. The molecule has 0 aliphatic carbocycles. The van der Waals surface area contributed by atoms with Crippen molar-refractivity contribution in [2.45, 2.75) is 57.8 Å². The van der Waals surface area contributed by atoms with Crippen LogP contribution in [0.1, 0.15) is 44.2 Å². The number of pyridine rings is 1. The molecule has 7 nitrogen and oxygen atoms in total. The van der Waals surface area contributed by atoms with Gasteiger partial charge >= 0.3 is 12.3 Å². The normalized spacial score (nSPS) is 13.0. The van der Waals surface area contributed by atoms with Crippen LogP contribution in [-0.4, -0.2) is 42.9 Å². The molecule has 0 aliphatic rings. The van der Waals surface area contributed by atoms with Crippen molar-refractivity contribution in [3.8, 4) is 11.5 Å². The standard InChI is InChI=1S/C27H27F3N4O3/c1-26(2,3)34(25(35)36)22(14-17-4-8-21(9-5-17)27(28,29)30)10-11-23-32-33-24(37-23)19-6-7-20-16-31-13-12-18(20)15-19/h4-9,12-13,15-16,22H,10-11,14H2,1-3H3,(H,35,36)/t22-/m1/s1. The van der Waals surface area contributed by atoms with Gasteiger partial charge in [-0.2, -0.15) is 13.2 Å². The van der Waals surface area contributed by atoms with Gasteiger partial charge in [-0.3, -0.25) is 4.98 Å². The Morgan fingerprint density at radius 2 is 1.76 bits per heavy atom. The highest BCUT2D eigenvalue weighted by Gasteiger charge is 2.34. The number of amides is 1. The second-order valence-electron chi connectivity index (χ2n) is 9.85. The zero-order valence-corrected chi connectivity index (χ0v) is 20.7. The maximum atomic E-state index is 13.0. The predicted molar refractivity (Wildman–Crippen MR) is 132 cm³/mol. The molecule has 0 bridgehead atoms. The van der Waals surface area contributed by atoms with Crippen LogP contribution in [0.15, 0.2) is 65.3 Å². The third-order valence-electron chi connectivity index (χ3n) is 6.09. The number of aryl methyl sites for hydroxylation is 1. The molecule has 0 aliphatic heterocycles. The Labute approximate surface area is 212 Å². The molecule has 1 N–H and O–H groups in total. The van der Waals surface area contributed by atoms with Gasteiger partial charge < -0.3 is 14.4 Å². The van der Waals surface area contributed by atoms with Crippen LogP contribution in [0, 0.1) is 0 Å². The number of halogens is 3. The van der Waals surface area contributed by atoms with Crippen LogP contribution in [0.3, 0.4) is 0 Å². The van der Waals surface area contributed by atoms with Gasteiger partial charge in [-0.25, -0.2) is 4.79 Å². The monoisotopic (exact) mass is 512 g/mol. The molecule has 0 fully saturated rings. The van der Waals surface area contributed by atoms with E-state index < -0.39 is 29.4 Å². The van der Waals surface area contributed by atoms with Crippen LogP contribution < -0.4 is 0 Å². The minimum atomic E-state index is -4.44. The van der Waals surface area contributed by atoms with E-state index in [1.165, 1.54) is 17.0 Å². The predicted octanol–water partition coefficient (Wildman–Crippen LogP) is 6.63. The SMILES string of the molecule is CC(C)(C)N(C(=O)O)[C@H](CCc1nnc(-c2ccc3cnccc3c2)o1)Cc1ccc(C(F)(F)F)cc1. The number of rotatable bonds is 7. The first kappa shape index (κ1) is 26.1. The Kier molecular flexibility index (Phi) is 7.20. The molecule has 0 radical (unpaired) electrons. The van der Waals surface area contributed by atoms with Crippen molar-refractivity contribution >= 4 is 16.9 Å². The number of fused-ring (bicyclic) bond motifs is 1. The number of nitrogens with zero attached hydrogens (tertiary/aromatic N) is 4. The minimum absolute atomic E-state index is 0.238. The van der Waals surface area contributed by atoms with Gasteiger partial charge in [0.25, 0.3) is 0 Å². The third-order valence-corrected chi connectivity index (χ3v) is 6.09. The van der Waals surface area contributed by atoms with Crippen molar-refractivity contribution in [1.82, 2.24) is 20.1 Å². The first-order valence-electron chi connectivity index (χ1n) is 11.8. The number of hydrogen-bond donors (Lipinski definition) is 1. The van der Waals surface area contributed by atoms with E-state index in [0.29, 0.717) is 30.2 Å². The van der Waals surface area contributed by atoms with Gasteiger partial charge in [0.15, 0.2) is 0 Å². The lowest BCUT2D eigenvalue weighted by atomic mass is 9.95. The Morgan fingerprint density at radius 1 is 1.03 bits per heavy atom. The molecule has 2 aromatic heterocycles. The average molecular weight is 513 g/mol. The number of hydrogen-bond acceptors (Lipinski definition) is 5. The molecule has 2 heterocycles. The van der Waals surface area contributed by atoms with E-state index in [4.69, 9.17) is 4.42 Å². The highest BCUT2D eigenvalue weighted by atomic mass is 19.4. The summed E-state index contributed by atoms with van der Waals surface area (Å²) >= 11 is 0. The lowest BCUT2D eigenvalue weighted by Crippen LogP contribution is -2.52. The van der Waals surface area contributed by atoms with E-state index in [-0.39, 0.29) is 6.42 Å². The number of alkyl halides is 3. The molecule has 1 atom stereocenters. The topological polar surface area (TPSA) is 92.4 Å². The molecule has 0 saturated carbocycles. The van der Waals surface area contributed by atoms with E-state index in [2.05, 4.69) is 15.2 Å². The molecule has 0 spiro atoms. The highest BCUT2D eigenvalue weighted by Crippen LogP contribution is 2.30. The van der Waals surface area contributed by atoms with Crippen LogP contribution in [-0.2, 0) is 19.0 Å². The summed E-state index contributed by atoms with van der Waals surface area (Å²) in [5.74, 6) is 0.695. The average Bonchev–Trinajstić information content (AvgIpc) is 3.30. The molecular weight excluding hydrogens is 485 g/mol. The fourth-order valence-corrected chi connectivity index (χ4v) is 4.39. The molecule has 4 aromatic rings. The van der Waals surface area contributed by atoms with E-state index in [1.54, 1.807) is 33.2 Å². The maximum Gasteiger partial charge on any atom is 0.416 e. The zero-order chi connectivity index (χ0) is 26.8. The molecule has 4 rings (SSSR count). The van der Waals surface area contributed by atoms with E-state index in [9.17, 15) is 23.1 Å². The molecule has 194 valence electrons. The van der Waals surface area contributed by atoms with Crippen molar-refractivity contribution in [1.29, 1.82) is 0 Å². The van der Waals surface area contributed by atoms with Gasteiger partial charge in [-0.15, -0.1) is 10.2 Å². The molecule has 1 amide bonds. The fourth-order valence-electron chi connectivity index (χ4n) is 4.39. The number of carboxylic acid groups (broad SMARTS) is 1. The van der Waals surface area contributed by atoms with Gasteiger partial charge in [-0.05, 0) is 74.9 Å². The lowest BCUT2D eigenvalue weighted by Gasteiger charge is -2.40. The van der Waals surface area contributed by atoms with Gasteiger partial charge in [0.1, 0.15) is 0 Å². The molecular formula is C27H27F3N4O3. The van der Waals surface area contributed by atoms with Crippen molar-refractivity contribution in [2.24, 2.45) is 0 Å². The Hall–Kier alpha value is -3.95. The fraction of sp³-hybridized carbons (Fsp3) is 0.333. The van der Waals surface area contributed by atoms with E-state index in [0.717, 1.165) is 28.5 Å². The maximum absolute atomic E-state index is 13.0. The summed E-state index contributed by atoms with van der Waals surface area (Å²) in [6.07, 6.45) is -1.20. The van der Waals surface area contributed by atoms with Crippen molar-refractivity contribution in [2.75, 3.05) is 0 Å². The first-order valence-corrected chi connectivity index (χ1v) is 11.8. The summed E-state index contributed by atoms with van der Waals surface area (Å²) in [5.41, 5.74) is -0.129. The lowest BCUT2D eigenvalue weighted by molar-refractivity contribution is -0.137. The van der Waals surface area contributed by atoms with Crippen molar-refractivity contribution in [3.63, 3.8) is 0 Å². The number of carbonyl (C=O) groups is 1. The summed E-state index contributed by atoms with van der Waals surface area (Å²) in [6, 6.07) is 11.9. The first-order chi connectivity index (χ1) is 17.4. The van der Waals surface area contributed by atoms with Crippen LogP contribution >= 0.6 is 0 Å². The second kappa shape index (κ2) is 10.2. The summed E-state index contributed by atoms with van der Waals surface area (Å²) in [6.45, 7) is 5.34. The summed E-state index contributed by atoms with van der Waals surface area (Å²) < 4.78 is 44.8.